The van der Waals surface area contributed by atoms with Gasteiger partial charge in [-0.05, 0) is 38.3 Å². The van der Waals surface area contributed by atoms with Gasteiger partial charge in [0.15, 0.2) is 0 Å². The van der Waals surface area contributed by atoms with Crippen LogP contribution in [0.4, 0.5) is 0 Å². The number of likely N-dealkylation sites (tertiary alicyclic amines) is 1. The Labute approximate surface area is 153 Å². The first kappa shape index (κ1) is 16.9. The van der Waals surface area contributed by atoms with Crippen LogP contribution in [0.1, 0.15) is 30.0 Å². The lowest BCUT2D eigenvalue weighted by Crippen LogP contribution is -2.57. The highest BCUT2D eigenvalue weighted by molar-refractivity contribution is 7.09. The molecule has 0 spiro atoms. The standard InChI is InChI=1S/C19H25N3O2S/c1-15-21-16(12-25-15)11-22-8-5-18-19(13-22,6-3-9-23-18)14-24-17-4-2-7-20-10-17/h2,4,7,10,12,18H,3,5-6,8-9,11,13-14H2,1H3/t18-,19+/m1/s1. The van der Waals surface area contributed by atoms with Gasteiger partial charge in [-0.15, -0.1) is 11.3 Å². The molecule has 2 saturated heterocycles. The Bertz CT molecular complexity index is 693. The van der Waals surface area contributed by atoms with Gasteiger partial charge in [-0.2, -0.15) is 0 Å². The van der Waals surface area contributed by atoms with Crippen LogP contribution in [0.5, 0.6) is 5.75 Å². The summed E-state index contributed by atoms with van der Waals surface area (Å²) in [7, 11) is 0. The molecule has 0 bridgehead atoms. The van der Waals surface area contributed by atoms with Crippen LogP contribution in [0.2, 0.25) is 0 Å². The molecule has 0 N–H and O–H groups in total. The summed E-state index contributed by atoms with van der Waals surface area (Å²) in [6.45, 7) is 6.63. The van der Waals surface area contributed by atoms with Crippen LogP contribution in [-0.4, -0.2) is 47.3 Å². The highest BCUT2D eigenvalue weighted by Crippen LogP contribution is 2.41. The lowest BCUT2D eigenvalue weighted by molar-refractivity contribution is -0.141. The second kappa shape index (κ2) is 7.40. The number of ether oxygens (including phenoxy) is 2. The van der Waals surface area contributed by atoms with E-state index in [9.17, 15) is 0 Å². The highest BCUT2D eigenvalue weighted by atomic mass is 32.1. The van der Waals surface area contributed by atoms with Gasteiger partial charge in [0.2, 0.25) is 0 Å². The fourth-order valence-corrected chi connectivity index (χ4v) is 4.70. The van der Waals surface area contributed by atoms with Crippen LogP contribution in [0.15, 0.2) is 29.9 Å². The molecule has 4 heterocycles. The molecule has 0 aliphatic carbocycles. The van der Waals surface area contributed by atoms with E-state index in [-0.39, 0.29) is 5.41 Å². The Morgan fingerprint density at radius 3 is 3.24 bits per heavy atom. The van der Waals surface area contributed by atoms with E-state index >= 15 is 0 Å². The second-order valence-corrected chi connectivity index (χ2v) is 8.22. The maximum atomic E-state index is 6.14. The summed E-state index contributed by atoms with van der Waals surface area (Å²) in [5.74, 6) is 0.841. The van der Waals surface area contributed by atoms with Gasteiger partial charge in [0, 0.05) is 43.2 Å². The van der Waals surface area contributed by atoms with Crippen molar-refractivity contribution in [1.82, 2.24) is 14.9 Å². The van der Waals surface area contributed by atoms with Gasteiger partial charge in [-0.3, -0.25) is 9.88 Å². The summed E-state index contributed by atoms with van der Waals surface area (Å²) in [6.07, 6.45) is 7.19. The van der Waals surface area contributed by atoms with Crippen LogP contribution >= 0.6 is 11.3 Å². The number of fused-ring (bicyclic) bond motifs is 1. The Morgan fingerprint density at radius 1 is 1.48 bits per heavy atom. The molecular formula is C19H25N3O2S. The molecule has 2 aliphatic heterocycles. The Balaban J connectivity index is 1.46. The minimum Gasteiger partial charge on any atom is -0.491 e. The van der Waals surface area contributed by atoms with E-state index in [1.54, 1.807) is 23.7 Å². The molecule has 25 heavy (non-hydrogen) atoms. The lowest BCUT2D eigenvalue weighted by atomic mass is 9.73. The largest absolute Gasteiger partial charge is 0.491 e. The van der Waals surface area contributed by atoms with Crippen LogP contribution in [0.25, 0.3) is 0 Å². The minimum absolute atomic E-state index is 0.0669. The first-order valence-corrected chi connectivity index (χ1v) is 9.89. The van der Waals surface area contributed by atoms with Gasteiger partial charge in [0.1, 0.15) is 5.75 Å². The molecule has 2 aromatic rings. The molecule has 0 saturated carbocycles. The lowest BCUT2D eigenvalue weighted by Gasteiger charge is -2.50. The molecule has 4 rings (SSSR count). The zero-order valence-corrected chi connectivity index (χ0v) is 15.5. The Morgan fingerprint density at radius 2 is 2.44 bits per heavy atom. The molecule has 2 aliphatic rings. The van der Waals surface area contributed by atoms with Gasteiger partial charge < -0.3 is 9.47 Å². The van der Waals surface area contributed by atoms with Gasteiger partial charge in [0.25, 0.3) is 0 Å². The molecule has 5 nitrogen and oxygen atoms in total. The number of hydrogen-bond acceptors (Lipinski definition) is 6. The van der Waals surface area contributed by atoms with Gasteiger partial charge >= 0.3 is 0 Å². The summed E-state index contributed by atoms with van der Waals surface area (Å²) in [5.41, 5.74) is 1.25. The summed E-state index contributed by atoms with van der Waals surface area (Å²) in [6, 6.07) is 3.89. The summed E-state index contributed by atoms with van der Waals surface area (Å²) >= 11 is 1.73. The van der Waals surface area contributed by atoms with Crippen molar-refractivity contribution in [1.29, 1.82) is 0 Å². The van der Waals surface area contributed by atoms with Crippen molar-refractivity contribution in [3.63, 3.8) is 0 Å². The third-order valence-corrected chi connectivity index (χ3v) is 6.10. The SMILES string of the molecule is Cc1nc(CN2CC[C@H]3OCCC[C@@]3(COc3cccnc3)C2)cs1. The predicted octanol–water partition coefficient (Wildman–Crippen LogP) is 3.30. The predicted molar refractivity (Wildman–Crippen MR) is 97.9 cm³/mol. The molecule has 134 valence electrons. The van der Waals surface area contributed by atoms with E-state index < -0.39 is 0 Å². The average Bonchev–Trinajstić information content (AvgIpc) is 3.05. The van der Waals surface area contributed by atoms with Crippen LogP contribution in [0, 0.1) is 12.3 Å². The molecular weight excluding hydrogens is 334 g/mol. The fraction of sp³-hybridized carbons (Fsp3) is 0.579. The maximum absolute atomic E-state index is 6.14. The minimum atomic E-state index is 0.0669. The molecule has 2 atom stereocenters. The Hall–Kier alpha value is -1.50. The first-order chi connectivity index (χ1) is 12.2. The van der Waals surface area contributed by atoms with Gasteiger partial charge in [-0.25, -0.2) is 4.98 Å². The summed E-state index contributed by atoms with van der Waals surface area (Å²) < 4.78 is 12.3. The number of pyridine rings is 1. The number of aryl methyl sites for hydroxylation is 1. The first-order valence-electron chi connectivity index (χ1n) is 9.01. The van der Waals surface area contributed by atoms with Gasteiger partial charge in [0.05, 0.1) is 29.6 Å². The highest BCUT2D eigenvalue weighted by Gasteiger charge is 2.46. The number of rotatable bonds is 5. The van der Waals surface area contributed by atoms with Gasteiger partial charge in [-0.1, -0.05) is 0 Å². The fourth-order valence-electron chi connectivity index (χ4n) is 4.10. The maximum Gasteiger partial charge on any atom is 0.137 e. The van der Waals surface area contributed by atoms with E-state index in [1.807, 2.05) is 12.1 Å². The number of thiazole rings is 1. The topological polar surface area (TPSA) is 47.5 Å². The number of nitrogens with zero attached hydrogens (tertiary/aromatic N) is 3. The number of aromatic nitrogens is 2. The van der Waals surface area contributed by atoms with E-state index in [0.29, 0.717) is 12.7 Å². The molecule has 0 aromatic carbocycles. The summed E-state index contributed by atoms with van der Waals surface area (Å²) in [5, 5.41) is 3.32. The van der Waals surface area contributed by atoms with E-state index in [2.05, 4.69) is 27.2 Å². The van der Waals surface area contributed by atoms with E-state index in [0.717, 1.165) is 56.3 Å². The molecule has 6 heteroatoms. The quantitative estimate of drug-likeness (QED) is 0.820. The third kappa shape index (κ3) is 3.86. The second-order valence-electron chi connectivity index (χ2n) is 7.16. The molecule has 0 amide bonds. The van der Waals surface area contributed by atoms with E-state index in [4.69, 9.17) is 9.47 Å². The van der Waals surface area contributed by atoms with Crippen molar-refractivity contribution in [2.45, 2.75) is 38.8 Å². The van der Waals surface area contributed by atoms with E-state index in [1.165, 1.54) is 5.69 Å². The molecule has 2 aromatic heterocycles. The normalized spacial score (nSPS) is 27.0. The smallest absolute Gasteiger partial charge is 0.137 e. The van der Waals surface area contributed by atoms with Crippen molar-refractivity contribution in [2.75, 3.05) is 26.3 Å². The van der Waals surface area contributed by atoms with Crippen LogP contribution in [-0.2, 0) is 11.3 Å². The number of hydrogen-bond donors (Lipinski definition) is 0. The van der Waals surface area contributed by atoms with Crippen molar-refractivity contribution in [3.05, 3.63) is 40.6 Å². The number of piperidine rings is 1. The monoisotopic (exact) mass is 359 g/mol. The zero-order valence-electron chi connectivity index (χ0n) is 14.7. The molecule has 0 radical (unpaired) electrons. The average molecular weight is 359 g/mol. The molecule has 2 fully saturated rings. The van der Waals surface area contributed by atoms with Crippen molar-refractivity contribution >= 4 is 11.3 Å². The van der Waals surface area contributed by atoms with Crippen molar-refractivity contribution in [3.8, 4) is 5.75 Å². The Kier molecular flexibility index (Phi) is 5.01. The van der Waals surface area contributed by atoms with Crippen molar-refractivity contribution in [2.24, 2.45) is 5.41 Å². The zero-order chi connectivity index (χ0) is 17.1. The third-order valence-electron chi connectivity index (χ3n) is 5.28. The van der Waals surface area contributed by atoms with Crippen LogP contribution < -0.4 is 4.74 Å². The van der Waals surface area contributed by atoms with Crippen LogP contribution in [0.3, 0.4) is 0 Å². The molecule has 0 unspecified atom stereocenters. The summed E-state index contributed by atoms with van der Waals surface area (Å²) in [4.78, 5) is 11.3. The van der Waals surface area contributed by atoms with Crippen molar-refractivity contribution < 1.29 is 9.47 Å².